The average Bonchev–Trinajstić information content (AvgIpc) is 2.45. The van der Waals surface area contributed by atoms with Gasteiger partial charge in [0.2, 0.25) is 0 Å². The number of aromatic nitrogens is 1. The molecule has 4 nitrogen and oxygen atoms in total. The summed E-state index contributed by atoms with van der Waals surface area (Å²) < 4.78 is 24.7. The lowest BCUT2D eigenvalue weighted by Crippen LogP contribution is -2.32. The Morgan fingerprint density at radius 3 is 2.41 bits per heavy atom. The first-order valence-corrected chi connectivity index (χ1v) is 8.97. The first-order valence-electron chi connectivity index (χ1n) is 7.32. The number of hydrogen-bond acceptors (Lipinski definition) is 4. The van der Waals surface area contributed by atoms with E-state index in [2.05, 4.69) is 10.3 Å². The summed E-state index contributed by atoms with van der Waals surface area (Å²) >= 11 is 0. The Balaban J connectivity index is 1.96. The van der Waals surface area contributed by atoms with E-state index in [9.17, 15) is 8.42 Å². The molecule has 0 bridgehead atoms. The summed E-state index contributed by atoms with van der Waals surface area (Å²) in [7, 11) is -3.27. The van der Waals surface area contributed by atoms with E-state index >= 15 is 0 Å². The molecule has 1 N–H and O–H groups in total. The second kappa shape index (κ2) is 7.03. The number of pyridine rings is 1. The van der Waals surface area contributed by atoms with Crippen LogP contribution < -0.4 is 5.32 Å². The molecule has 0 radical (unpaired) electrons. The van der Waals surface area contributed by atoms with Crippen molar-refractivity contribution in [2.75, 3.05) is 5.75 Å². The van der Waals surface area contributed by atoms with Crippen LogP contribution in [0.2, 0.25) is 0 Å². The monoisotopic (exact) mass is 318 g/mol. The van der Waals surface area contributed by atoms with Crippen molar-refractivity contribution in [2.45, 2.75) is 38.3 Å². The van der Waals surface area contributed by atoms with Crippen LogP contribution in [0, 0.1) is 13.8 Å². The molecule has 1 atom stereocenters. The van der Waals surface area contributed by atoms with Gasteiger partial charge in [-0.3, -0.25) is 4.98 Å². The van der Waals surface area contributed by atoms with Crippen molar-refractivity contribution in [1.29, 1.82) is 0 Å². The van der Waals surface area contributed by atoms with Gasteiger partial charge in [-0.05, 0) is 45.0 Å². The Hall–Kier alpha value is -1.72. The summed E-state index contributed by atoms with van der Waals surface area (Å²) in [6.07, 6.45) is 0. The fourth-order valence-corrected chi connectivity index (χ4v) is 3.73. The minimum Gasteiger partial charge on any atom is -0.308 e. The number of hydrogen-bond donors (Lipinski definition) is 1. The van der Waals surface area contributed by atoms with Crippen LogP contribution in [0.15, 0.2) is 47.4 Å². The lowest BCUT2D eigenvalue weighted by Gasteiger charge is -2.14. The smallest absolute Gasteiger partial charge is 0.179 e. The van der Waals surface area contributed by atoms with Crippen molar-refractivity contribution in [3.8, 4) is 0 Å². The number of aryl methyl sites for hydroxylation is 2. The van der Waals surface area contributed by atoms with Gasteiger partial charge in [0.25, 0.3) is 0 Å². The van der Waals surface area contributed by atoms with Crippen molar-refractivity contribution in [3.63, 3.8) is 0 Å². The van der Waals surface area contributed by atoms with Crippen LogP contribution in [0.3, 0.4) is 0 Å². The van der Waals surface area contributed by atoms with E-state index in [1.54, 1.807) is 12.1 Å². The van der Waals surface area contributed by atoms with Gasteiger partial charge in [0, 0.05) is 18.3 Å². The third-order valence-corrected chi connectivity index (χ3v) is 5.36. The van der Waals surface area contributed by atoms with Gasteiger partial charge in [-0.2, -0.15) is 0 Å². The third kappa shape index (κ3) is 4.64. The highest BCUT2D eigenvalue weighted by molar-refractivity contribution is 7.91. The molecule has 5 heteroatoms. The molecule has 1 aromatic carbocycles. The maximum Gasteiger partial charge on any atom is 0.179 e. The zero-order valence-corrected chi connectivity index (χ0v) is 14.0. The van der Waals surface area contributed by atoms with E-state index in [1.165, 1.54) is 0 Å². The molecule has 2 aromatic rings. The highest BCUT2D eigenvalue weighted by atomic mass is 32.2. The first kappa shape index (κ1) is 16.6. The molecule has 0 saturated carbocycles. The van der Waals surface area contributed by atoms with Gasteiger partial charge in [-0.1, -0.05) is 23.8 Å². The zero-order chi connectivity index (χ0) is 16.2. The van der Waals surface area contributed by atoms with Crippen molar-refractivity contribution < 1.29 is 8.42 Å². The molecule has 0 saturated heterocycles. The van der Waals surface area contributed by atoms with Gasteiger partial charge in [0.1, 0.15) is 0 Å². The van der Waals surface area contributed by atoms with Gasteiger partial charge in [-0.15, -0.1) is 0 Å². The molecule has 118 valence electrons. The number of sulfone groups is 1. The predicted octanol–water partition coefficient (Wildman–Crippen LogP) is 2.65. The SMILES string of the molecule is Cc1ccc(S(=O)(=O)C[C@@H](C)NCc2cccc(C)n2)cc1. The fraction of sp³-hybridized carbons (Fsp3) is 0.353. The standard InChI is InChI=1S/C17H22N2O2S/c1-13-7-9-17(10-8-13)22(20,21)12-15(3)18-11-16-6-4-5-14(2)19-16/h4-10,15,18H,11-12H2,1-3H3/t15-/m1/s1. The normalized spacial score (nSPS) is 13.0. The van der Waals surface area contributed by atoms with Gasteiger partial charge in [-0.25, -0.2) is 8.42 Å². The van der Waals surface area contributed by atoms with E-state index in [-0.39, 0.29) is 11.8 Å². The largest absolute Gasteiger partial charge is 0.308 e. The molecular formula is C17H22N2O2S. The molecule has 1 heterocycles. The van der Waals surface area contributed by atoms with Gasteiger partial charge in [0.05, 0.1) is 16.3 Å². The Kier molecular flexibility index (Phi) is 5.32. The first-order chi connectivity index (χ1) is 10.4. The molecule has 0 spiro atoms. The lowest BCUT2D eigenvalue weighted by atomic mass is 10.2. The fourth-order valence-electron chi connectivity index (χ4n) is 2.21. The molecule has 0 unspecified atom stereocenters. The van der Waals surface area contributed by atoms with Crippen LogP contribution in [0.25, 0.3) is 0 Å². The molecule has 0 aliphatic carbocycles. The molecule has 0 aliphatic heterocycles. The minimum atomic E-state index is -3.27. The zero-order valence-electron chi connectivity index (χ0n) is 13.2. The van der Waals surface area contributed by atoms with E-state index in [0.29, 0.717) is 11.4 Å². The maximum atomic E-state index is 12.4. The van der Waals surface area contributed by atoms with E-state index in [4.69, 9.17) is 0 Å². The summed E-state index contributed by atoms with van der Waals surface area (Å²) in [6.45, 7) is 6.32. The van der Waals surface area contributed by atoms with E-state index in [1.807, 2.05) is 51.1 Å². The van der Waals surface area contributed by atoms with E-state index in [0.717, 1.165) is 17.0 Å². The topological polar surface area (TPSA) is 59.1 Å². The molecule has 2 rings (SSSR count). The second-order valence-electron chi connectivity index (χ2n) is 5.65. The lowest BCUT2D eigenvalue weighted by molar-refractivity contribution is 0.552. The molecule has 0 fully saturated rings. The van der Waals surface area contributed by atoms with Crippen LogP contribution in [-0.4, -0.2) is 25.2 Å². The molecule has 0 amide bonds. The van der Waals surface area contributed by atoms with Crippen LogP contribution >= 0.6 is 0 Å². The van der Waals surface area contributed by atoms with Gasteiger partial charge >= 0.3 is 0 Å². The third-order valence-electron chi connectivity index (χ3n) is 3.43. The number of nitrogens with one attached hydrogen (secondary N) is 1. The molecular weight excluding hydrogens is 296 g/mol. The van der Waals surface area contributed by atoms with Crippen molar-refractivity contribution >= 4 is 9.84 Å². The van der Waals surface area contributed by atoms with E-state index < -0.39 is 9.84 Å². The van der Waals surface area contributed by atoms with Crippen molar-refractivity contribution in [2.24, 2.45) is 0 Å². The predicted molar refractivity (Wildman–Crippen MR) is 88.5 cm³/mol. The number of benzene rings is 1. The molecule has 22 heavy (non-hydrogen) atoms. The Bertz CT molecular complexity index is 725. The summed E-state index contributed by atoms with van der Waals surface area (Å²) in [4.78, 5) is 4.77. The minimum absolute atomic E-state index is 0.0713. The summed E-state index contributed by atoms with van der Waals surface area (Å²) in [5.74, 6) is 0.0713. The van der Waals surface area contributed by atoms with Crippen LogP contribution in [0.4, 0.5) is 0 Å². The summed E-state index contributed by atoms with van der Waals surface area (Å²) in [5.41, 5.74) is 2.93. The average molecular weight is 318 g/mol. The highest BCUT2D eigenvalue weighted by Gasteiger charge is 2.18. The van der Waals surface area contributed by atoms with Crippen LogP contribution in [0.1, 0.15) is 23.9 Å². The Morgan fingerprint density at radius 1 is 1.09 bits per heavy atom. The number of nitrogens with zero attached hydrogens (tertiary/aromatic N) is 1. The quantitative estimate of drug-likeness (QED) is 0.889. The molecule has 1 aromatic heterocycles. The summed E-state index contributed by atoms with van der Waals surface area (Å²) in [5, 5.41) is 3.22. The van der Waals surface area contributed by atoms with Gasteiger partial charge in [0.15, 0.2) is 9.84 Å². The number of rotatable bonds is 6. The Labute approximate surface area is 132 Å². The summed E-state index contributed by atoms with van der Waals surface area (Å²) in [6, 6.07) is 12.7. The Morgan fingerprint density at radius 2 is 1.77 bits per heavy atom. The van der Waals surface area contributed by atoms with Gasteiger partial charge < -0.3 is 5.32 Å². The molecule has 0 aliphatic rings. The van der Waals surface area contributed by atoms with Crippen LogP contribution in [0.5, 0.6) is 0 Å². The van der Waals surface area contributed by atoms with Crippen LogP contribution in [-0.2, 0) is 16.4 Å². The van der Waals surface area contributed by atoms with Crippen molar-refractivity contribution in [3.05, 3.63) is 59.4 Å². The maximum absolute atomic E-state index is 12.4. The highest BCUT2D eigenvalue weighted by Crippen LogP contribution is 2.13. The van der Waals surface area contributed by atoms with Crippen molar-refractivity contribution in [1.82, 2.24) is 10.3 Å². The second-order valence-corrected chi connectivity index (χ2v) is 7.68.